The predicted molar refractivity (Wildman–Crippen MR) is 122 cm³/mol. The monoisotopic (exact) mass is 459 g/mol. The van der Waals surface area contributed by atoms with Crippen LogP contribution in [0.2, 0.25) is 0 Å². The SMILES string of the molecule is CCc1nnc(NC(=O)C(C)Sc2nnc(CC(=O)Nc3ccccc3C)n2CC)s1. The van der Waals surface area contributed by atoms with E-state index >= 15 is 0 Å². The van der Waals surface area contributed by atoms with Crippen molar-refractivity contribution in [2.45, 2.75) is 57.5 Å². The zero-order chi connectivity index (χ0) is 22.4. The number of carbonyl (C=O) groups is 2. The molecule has 31 heavy (non-hydrogen) atoms. The Hall–Kier alpha value is -2.79. The highest BCUT2D eigenvalue weighted by Crippen LogP contribution is 2.25. The Kier molecular flexibility index (Phi) is 7.75. The normalized spacial score (nSPS) is 11.9. The van der Waals surface area contributed by atoms with Gasteiger partial charge in [-0.15, -0.1) is 20.4 Å². The summed E-state index contributed by atoms with van der Waals surface area (Å²) in [6.07, 6.45) is 0.874. The van der Waals surface area contributed by atoms with Crippen molar-refractivity contribution in [1.82, 2.24) is 25.0 Å². The summed E-state index contributed by atoms with van der Waals surface area (Å²) >= 11 is 2.66. The molecule has 2 aromatic heterocycles. The Labute approximate surface area is 189 Å². The molecule has 0 radical (unpaired) electrons. The van der Waals surface area contributed by atoms with Crippen molar-refractivity contribution in [2.75, 3.05) is 10.6 Å². The van der Waals surface area contributed by atoms with Crippen molar-refractivity contribution in [2.24, 2.45) is 0 Å². The van der Waals surface area contributed by atoms with Gasteiger partial charge < -0.3 is 9.88 Å². The smallest absolute Gasteiger partial charge is 0.239 e. The van der Waals surface area contributed by atoms with Crippen LogP contribution in [0.4, 0.5) is 10.8 Å². The molecule has 2 N–H and O–H groups in total. The number of nitrogens with zero attached hydrogens (tertiary/aromatic N) is 5. The number of para-hydroxylation sites is 1. The molecule has 11 heteroatoms. The molecule has 3 rings (SSSR count). The Balaban J connectivity index is 1.62. The van der Waals surface area contributed by atoms with Gasteiger partial charge in [0.15, 0.2) is 5.16 Å². The number of amides is 2. The van der Waals surface area contributed by atoms with E-state index in [2.05, 4.69) is 31.0 Å². The molecule has 164 valence electrons. The van der Waals surface area contributed by atoms with Gasteiger partial charge in [-0.1, -0.05) is 48.2 Å². The van der Waals surface area contributed by atoms with Crippen molar-refractivity contribution >= 4 is 45.7 Å². The summed E-state index contributed by atoms with van der Waals surface area (Å²) in [6, 6.07) is 7.60. The lowest BCUT2D eigenvalue weighted by Gasteiger charge is -2.12. The summed E-state index contributed by atoms with van der Waals surface area (Å²) in [5.74, 6) is 0.204. The van der Waals surface area contributed by atoms with Gasteiger partial charge in [0.1, 0.15) is 10.8 Å². The highest BCUT2D eigenvalue weighted by molar-refractivity contribution is 8.00. The van der Waals surface area contributed by atoms with Crippen LogP contribution in [-0.4, -0.2) is 42.0 Å². The van der Waals surface area contributed by atoms with E-state index in [0.717, 1.165) is 22.7 Å². The molecule has 0 aliphatic carbocycles. The van der Waals surface area contributed by atoms with Crippen LogP contribution < -0.4 is 10.6 Å². The first-order valence-corrected chi connectivity index (χ1v) is 11.7. The number of hydrogen-bond acceptors (Lipinski definition) is 8. The third-order valence-corrected chi connectivity index (χ3v) is 6.56. The number of rotatable bonds is 9. The largest absolute Gasteiger partial charge is 0.325 e. The summed E-state index contributed by atoms with van der Waals surface area (Å²) in [6.45, 7) is 8.26. The number of nitrogens with one attached hydrogen (secondary N) is 2. The van der Waals surface area contributed by atoms with E-state index in [1.54, 1.807) is 6.92 Å². The molecule has 0 fully saturated rings. The van der Waals surface area contributed by atoms with E-state index < -0.39 is 5.25 Å². The number of anilines is 2. The zero-order valence-electron chi connectivity index (χ0n) is 17.9. The number of hydrogen-bond donors (Lipinski definition) is 2. The fraction of sp³-hybridized carbons (Fsp3) is 0.400. The molecule has 0 saturated carbocycles. The summed E-state index contributed by atoms with van der Waals surface area (Å²) in [7, 11) is 0. The van der Waals surface area contributed by atoms with E-state index in [1.165, 1.54) is 23.1 Å². The van der Waals surface area contributed by atoms with Gasteiger partial charge in [-0.05, 0) is 38.8 Å². The fourth-order valence-electron chi connectivity index (χ4n) is 2.77. The van der Waals surface area contributed by atoms with Crippen molar-refractivity contribution < 1.29 is 9.59 Å². The molecule has 2 heterocycles. The van der Waals surface area contributed by atoms with Crippen LogP contribution >= 0.6 is 23.1 Å². The van der Waals surface area contributed by atoms with E-state index in [0.29, 0.717) is 22.7 Å². The Bertz CT molecular complexity index is 1060. The first-order chi connectivity index (χ1) is 14.9. The maximum Gasteiger partial charge on any atom is 0.239 e. The lowest BCUT2D eigenvalue weighted by molar-refractivity contribution is -0.116. The fourth-order valence-corrected chi connectivity index (χ4v) is 4.39. The Morgan fingerprint density at radius 3 is 2.58 bits per heavy atom. The minimum absolute atomic E-state index is 0.0981. The average Bonchev–Trinajstić information content (AvgIpc) is 3.36. The van der Waals surface area contributed by atoms with E-state index in [1.807, 2.05) is 49.6 Å². The molecule has 0 bridgehead atoms. The van der Waals surface area contributed by atoms with E-state index in [4.69, 9.17) is 0 Å². The second-order valence-corrected chi connectivity index (χ2v) is 9.16. The lowest BCUT2D eigenvalue weighted by Crippen LogP contribution is -2.23. The van der Waals surface area contributed by atoms with Crippen LogP contribution in [-0.2, 0) is 29.0 Å². The Morgan fingerprint density at radius 1 is 1.13 bits per heavy atom. The summed E-state index contributed by atoms with van der Waals surface area (Å²) in [4.78, 5) is 25.0. The number of carbonyl (C=O) groups excluding carboxylic acids is 2. The standard InChI is InChI=1S/C20H25N7O2S2/c1-5-17-24-25-19(31-17)22-18(29)13(4)30-20-26-23-15(27(20)6-2)11-16(28)21-14-10-8-7-9-12(14)3/h7-10,13H,5-6,11H2,1-4H3,(H,21,28)(H,22,25,29). The van der Waals surface area contributed by atoms with Gasteiger partial charge in [0.2, 0.25) is 16.9 Å². The lowest BCUT2D eigenvalue weighted by atomic mass is 10.2. The minimum Gasteiger partial charge on any atom is -0.325 e. The van der Waals surface area contributed by atoms with Gasteiger partial charge in [0.05, 0.1) is 11.7 Å². The molecule has 1 unspecified atom stereocenters. The quantitative estimate of drug-likeness (QED) is 0.472. The molecular formula is C20H25N7O2S2. The number of thioether (sulfide) groups is 1. The molecule has 0 aliphatic rings. The highest BCUT2D eigenvalue weighted by Gasteiger charge is 2.22. The van der Waals surface area contributed by atoms with Crippen molar-refractivity contribution in [3.8, 4) is 0 Å². The number of aromatic nitrogens is 5. The van der Waals surface area contributed by atoms with E-state index in [-0.39, 0.29) is 18.2 Å². The van der Waals surface area contributed by atoms with Crippen LogP contribution in [0.25, 0.3) is 0 Å². The third-order valence-electron chi connectivity index (χ3n) is 4.50. The van der Waals surface area contributed by atoms with Gasteiger partial charge in [-0.2, -0.15) is 0 Å². The van der Waals surface area contributed by atoms with Crippen LogP contribution in [0.3, 0.4) is 0 Å². The number of aryl methyl sites for hydroxylation is 2. The summed E-state index contributed by atoms with van der Waals surface area (Å²) in [5.41, 5.74) is 1.77. The van der Waals surface area contributed by atoms with Crippen LogP contribution in [0.15, 0.2) is 29.4 Å². The van der Waals surface area contributed by atoms with Gasteiger partial charge in [0, 0.05) is 12.2 Å². The first kappa shape index (κ1) is 22.9. The maximum atomic E-state index is 12.5. The average molecular weight is 460 g/mol. The highest BCUT2D eigenvalue weighted by atomic mass is 32.2. The maximum absolute atomic E-state index is 12.5. The van der Waals surface area contributed by atoms with Gasteiger partial charge in [-0.25, -0.2) is 0 Å². The molecule has 1 atom stereocenters. The first-order valence-electron chi connectivity index (χ1n) is 9.98. The van der Waals surface area contributed by atoms with Gasteiger partial charge in [0.25, 0.3) is 0 Å². The summed E-state index contributed by atoms with van der Waals surface area (Å²) in [5, 5.41) is 23.6. The third kappa shape index (κ3) is 5.88. The number of benzene rings is 1. The van der Waals surface area contributed by atoms with Crippen molar-refractivity contribution in [1.29, 1.82) is 0 Å². The second-order valence-electron chi connectivity index (χ2n) is 6.79. The topological polar surface area (TPSA) is 115 Å². The van der Waals surface area contributed by atoms with Crippen LogP contribution in [0.1, 0.15) is 37.2 Å². The molecule has 0 spiro atoms. The molecular weight excluding hydrogens is 434 g/mol. The molecule has 3 aromatic rings. The second kappa shape index (κ2) is 10.5. The molecule has 2 amide bonds. The van der Waals surface area contributed by atoms with Gasteiger partial charge >= 0.3 is 0 Å². The molecule has 0 saturated heterocycles. The minimum atomic E-state index is -0.419. The molecule has 0 aliphatic heterocycles. The molecule has 9 nitrogen and oxygen atoms in total. The van der Waals surface area contributed by atoms with Crippen molar-refractivity contribution in [3.63, 3.8) is 0 Å². The summed E-state index contributed by atoms with van der Waals surface area (Å²) < 4.78 is 1.85. The van der Waals surface area contributed by atoms with Crippen LogP contribution in [0.5, 0.6) is 0 Å². The van der Waals surface area contributed by atoms with E-state index in [9.17, 15) is 9.59 Å². The van der Waals surface area contributed by atoms with Crippen molar-refractivity contribution in [3.05, 3.63) is 40.7 Å². The van der Waals surface area contributed by atoms with Crippen LogP contribution in [0, 0.1) is 6.92 Å². The zero-order valence-corrected chi connectivity index (χ0v) is 19.5. The Morgan fingerprint density at radius 2 is 1.90 bits per heavy atom. The molecule has 1 aromatic carbocycles. The predicted octanol–water partition coefficient (Wildman–Crippen LogP) is 3.32. The van der Waals surface area contributed by atoms with Gasteiger partial charge in [-0.3, -0.25) is 14.9 Å².